The number of benzene rings is 2. The van der Waals surface area contributed by atoms with Crippen molar-refractivity contribution in [3.05, 3.63) is 58.6 Å². The van der Waals surface area contributed by atoms with Crippen molar-refractivity contribution in [3.63, 3.8) is 0 Å². The van der Waals surface area contributed by atoms with Gasteiger partial charge in [0.2, 0.25) is 11.1 Å². The Morgan fingerprint density at radius 1 is 1.29 bits per heavy atom. The molecular weight excluding hydrogens is 396 g/mol. The van der Waals surface area contributed by atoms with Gasteiger partial charge in [0.25, 0.3) is 0 Å². The van der Waals surface area contributed by atoms with Crippen LogP contribution in [0.3, 0.4) is 0 Å². The van der Waals surface area contributed by atoms with Crippen molar-refractivity contribution >= 4 is 35.0 Å². The van der Waals surface area contributed by atoms with Crippen LogP contribution < -0.4 is 11.2 Å². The van der Waals surface area contributed by atoms with Crippen LogP contribution in [0.25, 0.3) is 11.4 Å². The Morgan fingerprint density at radius 2 is 2.00 bits per heavy atom. The number of hydrogen-bond donors (Lipinski definition) is 2. The number of nitriles is 1. The zero-order valence-corrected chi connectivity index (χ0v) is 16.8. The highest BCUT2D eigenvalue weighted by molar-refractivity contribution is 8.00. The van der Waals surface area contributed by atoms with Crippen molar-refractivity contribution in [2.24, 2.45) is 0 Å². The summed E-state index contributed by atoms with van der Waals surface area (Å²) in [5.74, 6) is 6.39. The number of nitrogen functional groups attached to an aromatic ring is 1. The zero-order valence-electron chi connectivity index (χ0n) is 15.2. The fourth-order valence-corrected chi connectivity index (χ4v) is 3.39. The van der Waals surface area contributed by atoms with Crippen LogP contribution in [-0.2, 0) is 4.79 Å². The van der Waals surface area contributed by atoms with E-state index in [2.05, 4.69) is 15.5 Å². The molecule has 0 saturated heterocycles. The topological polar surface area (TPSA) is 110 Å². The number of carbonyl (C=O) groups excluding carboxylic acids is 1. The number of amides is 1. The van der Waals surface area contributed by atoms with Crippen LogP contribution in [0.2, 0.25) is 5.02 Å². The number of nitrogens with two attached hydrogens (primary N) is 1. The van der Waals surface area contributed by atoms with Gasteiger partial charge in [-0.05, 0) is 32.0 Å². The predicted molar refractivity (Wildman–Crippen MR) is 110 cm³/mol. The van der Waals surface area contributed by atoms with Crippen LogP contribution in [0, 0.1) is 18.3 Å². The SMILES string of the molecule is Cc1ccc(-c2nnc(S[C@H](C)C(=O)Nc3ccc(C#N)c(Cl)c3)n2N)cc1. The summed E-state index contributed by atoms with van der Waals surface area (Å²) in [5, 5.41) is 20.1. The first-order chi connectivity index (χ1) is 13.4. The molecule has 9 heteroatoms. The summed E-state index contributed by atoms with van der Waals surface area (Å²) >= 11 is 7.19. The molecule has 0 aliphatic carbocycles. The molecule has 0 radical (unpaired) electrons. The molecule has 142 valence electrons. The van der Waals surface area contributed by atoms with Crippen LogP contribution in [0.4, 0.5) is 5.69 Å². The number of halogens is 1. The maximum Gasteiger partial charge on any atom is 0.237 e. The van der Waals surface area contributed by atoms with Crippen LogP contribution >= 0.6 is 23.4 Å². The van der Waals surface area contributed by atoms with Gasteiger partial charge in [0.15, 0.2) is 5.82 Å². The van der Waals surface area contributed by atoms with E-state index in [4.69, 9.17) is 22.7 Å². The predicted octanol–water partition coefficient (Wildman–Crippen LogP) is 3.61. The second kappa shape index (κ2) is 8.33. The molecule has 0 saturated carbocycles. The van der Waals surface area contributed by atoms with E-state index in [9.17, 15) is 4.79 Å². The minimum atomic E-state index is -0.480. The zero-order chi connectivity index (χ0) is 20.3. The Balaban J connectivity index is 1.70. The summed E-state index contributed by atoms with van der Waals surface area (Å²) in [5.41, 5.74) is 2.84. The van der Waals surface area contributed by atoms with Gasteiger partial charge in [-0.3, -0.25) is 4.79 Å². The lowest BCUT2D eigenvalue weighted by molar-refractivity contribution is -0.115. The third-order valence-electron chi connectivity index (χ3n) is 3.98. The molecule has 3 N–H and O–H groups in total. The second-order valence-electron chi connectivity index (χ2n) is 6.10. The van der Waals surface area contributed by atoms with Crippen molar-refractivity contribution in [2.45, 2.75) is 24.3 Å². The van der Waals surface area contributed by atoms with Crippen molar-refractivity contribution in [1.82, 2.24) is 14.9 Å². The molecule has 3 aromatic rings. The lowest BCUT2D eigenvalue weighted by atomic mass is 10.1. The molecule has 0 aliphatic heterocycles. The third kappa shape index (κ3) is 4.27. The number of thioether (sulfide) groups is 1. The monoisotopic (exact) mass is 412 g/mol. The lowest BCUT2D eigenvalue weighted by Gasteiger charge is -2.12. The molecule has 1 atom stereocenters. The highest BCUT2D eigenvalue weighted by Crippen LogP contribution is 2.26. The number of rotatable bonds is 5. The molecule has 0 aliphatic rings. The largest absolute Gasteiger partial charge is 0.335 e. The number of hydrogen-bond acceptors (Lipinski definition) is 6. The molecule has 1 heterocycles. The maximum atomic E-state index is 12.5. The molecule has 1 amide bonds. The summed E-state index contributed by atoms with van der Waals surface area (Å²) in [7, 11) is 0. The van der Waals surface area contributed by atoms with Gasteiger partial charge in [-0.25, -0.2) is 4.68 Å². The van der Waals surface area contributed by atoms with Gasteiger partial charge in [-0.15, -0.1) is 10.2 Å². The highest BCUT2D eigenvalue weighted by atomic mass is 35.5. The molecular formula is C19H17ClN6OS. The van der Waals surface area contributed by atoms with E-state index in [1.54, 1.807) is 19.1 Å². The van der Waals surface area contributed by atoms with Crippen molar-refractivity contribution < 1.29 is 4.79 Å². The van der Waals surface area contributed by atoms with Crippen molar-refractivity contribution in [3.8, 4) is 17.5 Å². The van der Waals surface area contributed by atoms with E-state index in [1.807, 2.05) is 37.3 Å². The molecule has 7 nitrogen and oxygen atoms in total. The van der Waals surface area contributed by atoms with E-state index in [-0.39, 0.29) is 10.9 Å². The molecule has 1 aromatic heterocycles. The van der Waals surface area contributed by atoms with E-state index >= 15 is 0 Å². The standard InChI is InChI=1S/C19H17ClN6OS/c1-11-3-5-13(6-4-11)17-24-25-19(26(17)22)28-12(2)18(27)23-15-8-7-14(10-21)16(20)9-15/h3-9,12H,22H2,1-2H3,(H,23,27)/t12-/m1/s1. The van der Waals surface area contributed by atoms with Crippen LogP contribution in [0.15, 0.2) is 47.6 Å². The minimum absolute atomic E-state index is 0.245. The number of nitrogens with zero attached hydrogens (tertiary/aromatic N) is 4. The van der Waals surface area contributed by atoms with Gasteiger partial charge in [0.05, 0.1) is 15.8 Å². The lowest BCUT2D eigenvalue weighted by Crippen LogP contribution is -2.23. The molecule has 0 spiro atoms. The summed E-state index contributed by atoms with van der Waals surface area (Å²) < 4.78 is 1.37. The molecule has 3 rings (SSSR count). The summed E-state index contributed by atoms with van der Waals surface area (Å²) in [4.78, 5) is 12.5. The Labute approximate surface area is 171 Å². The number of carbonyl (C=O) groups is 1. The van der Waals surface area contributed by atoms with Crippen LogP contribution in [0.5, 0.6) is 0 Å². The first kappa shape index (κ1) is 19.7. The van der Waals surface area contributed by atoms with E-state index in [0.29, 0.717) is 22.2 Å². The van der Waals surface area contributed by atoms with Crippen LogP contribution in [-0.4, -0.2) is 26.0 Å². The van der Waals surface area contributed by atoms with Gasteiger partial charge < -0.3 is 11.2 Å². The van der Waals surface area contributed by atoms with Gasteiger partial charge in [0.1, 0.15) is 6.07 Å². The molecule has 0 bridgehead atoms. The summed E-state index contributed by atoms with van der Waals surface area (Å²) in [6.07, 6.45) is 0. The first-order valence-electron chi connectivity index (χ1n) is 8.33. The Morgan fingerprint density at radius 3 is 2.64 bits per heavy atom. The second-order valence-corrected chi connectivity index (χ2v) is 7.81. The fourth-order valence-electron chi connectivity index (χ4n) is 2.40. The molecule has 28 heavy (non-hydrogen) atoms. The van der Waals surface area contributed by atoms with Crippen molar-refractivity contribution in [1.29, 1.82) is 5.26 Å². The normalized spacial score (nSPS) is 11.6. The summed E-state index contributed by atoms with van der Waals surface area (Å²) in [6.45, 7) is 3.74. The first-order valence-corrected chi connectivity index (χ1v) is 9.59. The number of anilines is 1. The Kier molecular flexibility index (Phi) is 5.87. The Bertz CT molecular complexity index is 1060. The number of aromatic nitrogens is 3. The highest BCUT2D eigenvalue weighted by Gasteiger charge is 2.20. The molecule has 2 aromatic carbocycles. The van der Waals surface area contributed by atoms with Gasteiger partial charge in [-0.2, -0.15) is 5.26 Å². The summed E-state index contributed by atoms with van der Waals surface area (Å²) in [6, 6.07) is 14.5. The maximum absolute atomic E-state index is 12.5. The Hall–Kier alpha value is -3.02. The van der Waals surface area contributed by atoms with Gasteiger partial charge in [0, 0.05) is 11.3 Å². The smallest absolute Gasteiger partial charge is 0.237 e. The molecule has 0 fully saturated rings. The minimum Gasteiger partial charge on any atom is -0.335 e. The number of nitrogens with one attached hydrogen (secondary N) is 1. The quantitative estimate of drug-likeness (QED) is 0.489. The van der Waals surface area contributed by atoms with E-state index in [1.165, 1.54) is 22.5 Å². The molecule has 0 unspecified atom stereocenters. The van der Waals surface area contributed by atoms with Crippen molar-refractivity contribution in [2.75, 3.05) is 11.2 Å². The average molecular weight is 413 g/mol. The van der Waals surface area contributed by atoms with Gasteiger partial charge in [-0.1, -0.05) is 53.2 Å². The van der Waals surface area contributed by atoms with Gasteiger partial charge >= 0.3 is 0 Å². The van der Waals surface area contributed by atoms with E-state index < -0.39 is 5.25 Å². The fraction of sp³-hybridized carbons (Fsp3) is 0.158. The number of aryl methyl sites for hydroxylation is 1. The van der Waals surface area contributed by atoms with Crippen LogP contribution in [0.1, 0.15) is 18.1 Å². The van der Waals surface area contributed by atoms with E-state index in [0.717, 1.165) is 11.1 Å². The third-order valence-corrected chi connectivity index (χ3v) is 5.35. The average Bonchev–Trinajstić information content (AvgIpc) is 3.03.